The second-order valence-corrected chi connectivity index (χ2v) is 2.95. The molecule has 8 heteroatoms. The molecule has 0 saturated heterocycles. The molecular weight excluding hydrogens is 241 g/mol. The van der Waals surface area contributed by atoms with E-state index < -0.39 is 41.7 Å². The maximum atomic E-state index is 13.0. The van der Waals surface area contributed by atoms with Crippen molar-refractivity contribution in [2.75, 3.05) is 11.9 Å². The molecule has 0 heterocycles. The number of carbonyl (C=O) groups is 2. The predicted octanol–water partition coefficient (Wildman–Crippen LogP) is 1.31. The van der Waals surface area contributed by atoms with Gasteiger partial charge in [-0.2, -0.15) is 0 Å². The lowest BCUT2D eigenvalue weighted by Crippen LogP contribution is -2.33. The molecule has 5 nitrogen and oxygen atoms in total. The third-order valence-corrected chi connectivity index (χ3v) is 1.64. The number of rotatable bonds is 3. The highest BCUT2D eigenvalue weighted by molar-refractivity contribution is 5.91. The lowest BCUT2D eigenvalue weighted by molar-refractivity contribution is -0.135. The average Bonchev–Trinajstić information content (AvgIpc) is 2.22. The molecule has 0 bridgehead atoms. The first kappa shape index (κ1) is 12.8. The number of carboxylic acid groups (broad SMARTS) is 1. The number of hydrogen-bond acceptors (Lipinski definition) is 2. The Morgan fingerprint density at radius 1 is 1.24 bits per heavy atom. The van der Waals surface area contributed by atoms with Crippen molar-refractivity contribution in [2.24, 2.45) is 0 Å². The van der Waals surface area contributed by atoms with Gasteiger partial charge < -0.3 is 15.7 Å². The molecule has 0 unspecified atom stereocenters. The van der Waals surface area contributed by atoms with Crippen molar-refractivity contribution < 1.29 is 27.9 Å². The summed E-state index contributed by atoms with van der Waals surface area (Å²) in [6.07, 6.45) is 0. The van der Waals surface area contributed by atoms with Crippen LogP contribution in [0.3, 0.4) is 0 Å². The summed E-state index contributed by atoms with van der Waals surface area (Å²) in [7, 11) is 0. The number of anilines is 1. The standard InChI is InChI=1S/C9H7F3N2O3/c10-4-1-5(11)8(12)6(2-4)14-9(17)13-3-7(15)16/h1-2H,3H2,(H,15,16)(H2,13,14,17). The van der Waals surface area contributed by atoms with Gasteiger partial charge in [-0.25, -0.2) is 18.0 Å². The first-order valence-corrected chi connectivity index (χ1v) is 4.31. The van der Waals surface area contributed by atoms with Gasteiger partial charge in [-0.05, 0) is 0 Å². The average molecular weight is 248 g/mol. The number of halogens is 3. The second-order valence-electron chi connectivity index (χ2n) is 2.95. The van der Waals surface area contributed by atoms with Crippen LogP contribution in [-0.4, -0.2) is 23.7 Å². The van der Waals surface area contributed by atoms with Crippen LogP contribution in [0.15, 0.2) is 12.1 Å². The van der Waals surface area contributed by atoms with Gasteiger partial charge in [0.15, 0.2) is 11.6 Å². The van der Waals surface area contributed by atoms with E-state index in [1.54, 1.807) is 5.32 Å². The molecule has 0 saturated carbocycles. The molecule has 1 rings (SSSR count). The fourth-order valence-electron chi connectivity index (χ4n) is 0.969. The van der Waals surface area contributed by atoms with Crippen molar-refractivity contribution in [3.8, 4) is 0 Å². The highest BCUT2D eigenvalue weighted by Gasteiger charge is 2.13. The van der Waals surface area contributed by atoms with E-state index in [0.717, 1.165) is 0 Å². The van der Waals surface area contributed by atoms with Crippen molar-refractivity contribution in [1.82, 2.24) is 5.32 Å². The molecule has 92 valence electrons. The molecule has 0 radical (unpaired) electrons. The van der Waals surface area contributed by atoms with Crippen molar-refractivity contribution in [2.45, 2.75) is 0 Å². The summed E-state index contributed by atoms with van der Waals surface area (Å²) in [5.74, 6) is -5.28. The SMILES string of the molecule is O=C(O)CNC(=O)Nc1cc(F)cc(F)c1F. The van der Waals surface area contributed by atoms with Crippen LogP contribution in [0.1, 0.15) is 0 Å². The largest absolute Gasteiger partial charge is 0.480 e. The fraction of sp³-hybridized carbons (Fsp3) is 0.111. The van der Waals surface area contributed by atoms with E-state index in [-0.39, 0.29) is 0 Å². The number of hydrogen-bond donors (Lipinski definition) is 3. The van der Waals surface area contributed by atoms with Gasteiger partial charge in [0.2, 0.25) is 0 Å². The highest BCUT2D eigenvalue weighted by atomic mass is 19.2. The van der Waals surface area contributed by atoms with Crippen LogP contribution in [0.25, 0.3) is 0 Å². The number of carbonyl (C=O) groups excluding carboxylic acids is 1. The lowest BCUT2D eigenvalue weighted by Gasteiger charge is -2.07. The minimum atomic E-state index is -1.46. The second kappa shape index (κ2) is 5.19. The quantitative estimate of drug-likeness (QED) is 0.705. The van der Waals surface area contributed by atoms with E-state index in [4.69, 9.17) is 5.11 Å². The van der Waals surface area contributed by atoms with Gasteiger partial charge in [0, 0.05) is 12.1 Å². The Balaban J connectivity index is 2.74. The van der Waals surface area contributed by atoms with Crippen molar-refractivity contribution >= 4 is 17.7 Å². The third kappa shape index (κ3) is 3.67. The van der Waals surface area contributed by atoms with E-state index in [2.05, 4.69) is 0 Å². The molecule has 0 spiro atoms. The number of amides is 2. The summed E-state index contributed by atoms with van der Waals surface area (Å²) in [6, 6.07) is -0.203. The Hall–Kier alpha value is -2.25. The number of aliphatic carboxylic acids is 1. The van der Waals surface area contributed by atoms with Crippen LogP contribution in [0.4, 0.5) is 23.7 Å². The van der Waals surface area contributed by atoms with Crippen molar-refractivity contribution in [3.63, 3.8) is 0 Å². The zero-order chi connectivity index (χ0) is 13.0. The maximum absolute atomic E-state index is 13.0. The number of urea groups is 1. The zero-order valence-corrected chi connectivity index (χ0v) is 8.26. The topological polar surface area (TPSA) is 78.4 Å². The molecule has 0 fully saturated rings. The van der Waals surface area contributed by atoms with Gasteiger partial charge in [-0.3, -0.25) is 4.79 Å². The van der Waals surface area contributed by atoms with Crippen LogP contribution in [0.2, 0.25) is 0 Å². The summed E-state index contributed by atoms with van der Waals surface area (Å²) >= 11 is 0. The third-order valence-electron chi connectivity index (χ3n) is 1.64. The Bertz CT molecular complexity index is 465. The van der Waals surface area contributed by atoms with Crippen LogP contribution < -0.4 is 10.6 Å². The van der Waals surface area contributed by atoms with Gasteiger partial charge in [-0.1, -0.05) is 0 Å². The maximum Gasteiger partial charge on any atom is 0.323 e. The summed E-state index contributed by atoms with van der Waals surface area (Å²) in [4.78, 5) is 21.1. The fourth-order valence-corrected chi connectivity index (χ4v) is 0.969. The molecule has 0 atom stereocenters. The van der Waals surface area contributed by atoms with E-state index in [0.29, 0.717) is 12.1 Å². The molecule has 0 aliphatic heterocycles. The smallest absolute Gasteiger partial charge is 0.323 e. The minimum Gasteiger partial charge on any atom is -0.480 e. The van der Waals surface area contributed by atoms with Crippen LogP contribution in [0, 0.1) is 17.5 Å². The first-order valence-electron chi connectivity index (χ1n) is 4.31. The first-order chi connectivity index (χ1) is 7.90. The van der Waals surface area contributed by atoms with E-state index in [1.807, 2.05) is 5.32 Å². The number of carboxylic acids is 1. The van der Waals surface area contributed by atoms with Crippen LogP contribution in [0.5, 0.6) is 0 Å². The molecule has 17 heavy (non-hydrogen) atoms. The molecule has 1 aromatic rings. The molecule has 0 aliphatic carbocycles. The molecule has 0 aromatic heterocycles. The van der Waals surface area contributed by atoms with E-state index >= 15 is 0 Å². The predicted molar refractivity (Wildman–Crippen MR) is 51.0 cm³/mol. The molecule has 0 aliphatic rings. The summed E-state index contributed by atoms with van der Waals surface area (Å²) < 4.78 is 38.5. The van der Waals surface area contributed by atoms with E-state index in [1.165, 1.54) is 0 Å². The normalized spacial score (nSPS) is 9.82. The van der Waals surface area contributed by atoms with Gasteiger partial charge >= 0.3 is 12.0 Å². The Labute approximate surface area is 93.2 Å². The lowest BCUT2D eigenvalue weighted by atomic mass is 10.3. The van der Waals surface area contributed by atoms with E-state index in [9.17, 15) is 22.8 Å². The highest BCUT2D eigenvalue weighted by Crippen LogP contribution is 2.18. The molecule has 1 aromatic carbocycles. The Morgan fingerprint density at radius 3 is 2.47 bits per heavy atom. The summed E-state index contributed by atoms with van der Waals surface area (Å²) in [5, 5.41) is 11.8. The molecular formula is C9H7F3N2O3. The van der Waals surface area contributed by atoms with Gasteiger partial charge in [0.1, 0.15) is 12.4 Å². The molecule has 3 N–H and O–H groups in total. The van der Waals surface area contributed by atoms with Gasteiger partial charge in [-0.15, -0.1) is 0 Å². The van der Waals surface area contributed by atoms with Crippen molar-refractivity contribution in [3.05, 3.63) is 29.6 Å². The number of nitrogens with one attached hydrogen (secondary N) is 2. The van der Waals surface area contributed by atoms with Crippen LogP contribution in [-0.2, 0) is 4.79 Å². The monoisotopic (exact) mass is 248 g/mol. The van der Waals surface area contributed by atoms with Crippen molar-refractivity contribution in [1.29, 1.82) is 0 Å². The Kier molecular flexibility index (Phi) is 3.91. The van der Waals surface area contributed by atoms with Gasteiger partial charge in [0.05, 0.1) is 5.69 Å². The van der Waals surface area contributed by atoms with Gasteiger partial charge in [0.25, 0.3) is 0 Å². The number of benzene rings is 1. The molecule has 2 amide bonds. The zero-order valence-electron chi connectivity index (χ0n) is 8.26. The summed E-state index contributed by atoms with van der Waals surface area (Å²) in [6.45, 7) is -0.703. The summed E-state index contributed by atoms with van der Waals surface area (Å²) in [5.41, 5.74) is -0.717. The minimum absolute atomic E-state index is 0.315. The van der Waals surface area contributed by atoms with Crippen LogP contribution >= 0.6 is 0 Å². The Morgan fingerprint density at radius 2 is 1.88 bits per heavy atom.